The Labute approximate surface area is 170 Å². The fraction of sp³-hybridized carbons (Fsp3) is 0.0435. The lowest BCUT2D eigenvalue weighted by atomic mass is 10.1. The topological polar surface area (TPSA) is 98.5 Å². The molecule has 7 nitrogen and oxygen atoms in total. The molecule has 3 aromatic carbocycles. The molecule has 1 N–H and O–H groups in total. The molecule has 148 valence electrons. The molecule has 0 spiro atoms. The van der Waals surface area contributed by atoms with E-state index in [1.807, 2.05) is 0 Å². The standard InChI is InChI=1S/C23H16N2O5/c1-14(26)29-18-11-9-15(10-12-18)21(27)24-17-6-4-5-16(13-17)22-25-20-8-3-2-7-19(20)23(28)30-22/h2-13H,1H3,(H,24,27). The summed E-state index contributed by atoms with van der Waals surface area (Å²) in [6.45, 7) is 1.31. The first-order chi connectivity index (χ1) is 14.5. The Morgan fingerprint density at radius 1 is 0.967 bits per heavy atom. The maximum atomic E-state index is 12.5. The zero-order valence-corrected chi connectivity index (χ0v) is 15.9. The molecule has 4 rings (SSSR count). The van der Waals surface area contributed by atoms with Gasteiger partial charge in [-0.3, -0.25) is 9.59 Å². The van der Waals surface area contributed by atoms with Crippen LogP contribution >= 0.6 is 0 Å². The summed E-state index contributed by atoms with van der Waals surface area (Å²) in [5.74, 6) is -0.244. The summed E-state index contributed by atoms with van der Waals surface area (Å²) in [5.41, 5.74) is 1.52. The van der Waals surface area contributed by atoms with E-state index in [0.29, 0.717) is 33.5 Å². The number of nitrogens with one attached hydrogen (secondary N) is 1. The fourth-order valence-corrected chi connectivity index (χ4v) is 2.92. The van der Waals surface area contributed by atoms with Crippen molar-refractivity contribution in [1.29, 1.82) is 0 Å². The van der Waals surface area contributed by atoms with Crippen molar-refractivity contribution in [3.8, 4) is 17.2 Å². The van der Waals surface area contributed by atoms with Crippen molar-refractivity contribution in [2.24, 2.45) is 0 Å². The summed E-state index contributed by atoms with van der Waals surface area (Å²) in [7, 11) is 0. The fourth-order valence-electron chi connectivity index (χ4n) is 2.92. The monoisotopic (exact) mass is 400 g/mol. The van der Waals surface area contributed by atoms with Gasteiger partial charge < -0.3 is 14.5 Å². The summed E-state index contributed by atoms with van der Waals surface area (Å²) >= 11 is 0. The van der Waals surface area contributed by atoms with Crippen molar-refractivity contribution in [3.05, 3.63) is 88.8 Å². The lowest BCUT2D eigenvalue weighted by Crippen LogP contribution is -2.12. The molecule has 4 aromatic rings. The molecule has 30 heavy (non-hydrogen) atoms. The van der Waals surface area contributed by atoms with Crippen LogP contribution in [-0.4, -0.2) is 16.9 Å². The number of esters is 1. The molecule has 0 saturated heterocycles. The molecule has 0 atom stereocenters. The highest BCUT2D eigenvalue weighted by Crippen LogP contribution is 2.22. The van der Waals surface area contributed by atoms with Crippen LogP contribution in [0.5, 0.6) is 5.75 Å². The number of carbonyl (C=O) groups is 2. The van der Waals surface area contributed by atoms with Crippen LogP contribution < -0.4 is 15.7 Å². The van der Waals surface area contributed by atoms with E-state index >= 15 is 0 Å². The maximum absolute atomic E-state index is 12.5. The van der Waals surface area contributed by atoms with Gasteiger partial charge in [-0.1, -0.05) is 18.2 Å². The average molecular weight is 400 g/mol. The number of amides is 1. The van der Waals surface area contributed by atoms with E-state index in [0.717, 1.165) is 0 Å². The smallest absolute Gasteiger partial charge is 0.347 e. The molecule has 0 aliphatic heterocycles. The van der Waals surface area contributed by atoms with Crippen molar-refractivity contribution < 1.29 is 18.7 Å². The predicted octanol–water partition coefficient (Wildman–Crippen LogP) is 4.03. The van der Waals surface area contributed by atoms with Gasteiger partial charge in [0.15, 0.2) is 0 Å². The van der Waals surface area contributed by atoms with Gasteiger partial charge in [0.1, 0.15) is 5.75 Å². The third-order valence-electron chi connectivity index (χ3n) is 4.28. The highest BCUT2D eigenvalue weighted by atomic mass is 16.5. The van der Waals surface area contributed by atoms with E-state index in [9.17, 15) is 14.4 Å². The molecule has 0 bridgehead atoms. The second kappa shape index (κ2) is 8.00. The molecular formula is C23H16N2O5. The Morgan fingerprint density at radius 3 is 2.50 bits per heavy atom. The number of hydrogen-bond acceptors (Lipinski definition) is 6. The zero-order valence-electron chi connectivity index (χ0n) is 15.9. The normalized spacial score (nSPS) is 10.6. The van der Waals surface area contributed by atoms with Crippen LogP contribution in [0.1, 0.15) is 17.3 Å². The van der Waals surface area contributed by atoms with Gasteiger partial charge in [-0.15, -0.1) is 0 Å². The van der Waals surface area contributed by atoms with Gasteiger partial charge in [-0.25, -0.2) is 9.78 Å². The van der Waals surface area contributed by atoms with E-state index in [-0.39, 0.29) is 11.8 Å². The maximum Gasteiger partial charge on any atom is 0.347 e. The second-order valence-electron chi connectivity index (χ2n) is 6.48. The molecule has 1 aromatic heterocycles. The lowest BCUT2D eigenvalue weighted by molar-refractivity contribution is -0.131. The minimum Gasteiger partial charge on any atom is -0.427 e. The summed E-state index contributed by atoms with van der Waals surface area (Å²) in [5, 5.41) is 3.19. The van der Waals surface area contributed by atoms with Crippen LogP contribution in [0, 0.1) is 0 Å². The quantitative estimate of drug-likeness (QED) is 0.410. The third-order valence-corrected chi connectivity index (χ3v) is 4.28. The molecule has 0 unspecified atom stereocenters. The van der Waals surface area contributed by atoms with E-state index in [1.165, 1.54) is 6.92 Å². The van der Waals surface area contributed by atoms with Crippen molar-refractivity contribution in [2.75, 3.05) is 5.32 Å². The van der Waals surface area contributed by atoms with Crippen LogP contribution in [-0.2, 0) is 4.79 Å². The Hall–Kier alpha value is -4.26. The van der Waals surface area contributed by atoms with Gasteiger partial charge >= 0.3 is 11.6 Å². The highest BCUT2D eigenvalue weighted by molar-refractivity contribution is 6.04. The van der Waals surface area contributed by atoms with Gasteiger partial charge in [0, 0.05) is 23.7 Å². The Balaban J connectivity index is 1.57. The minimum atomic E-state index is -0.474. The number of rotatable bonds is 4. The van der Waals surface area contributed by atoms with Crippen LogP contribution in [0.3, 0.4) is 0 Å². The number of fused-ring (bicyclic) bond motifs is 1. The summed E-state index contributed by atoms with van der Waals surface area (Å²) in [4.78, 5) is 40.1. The van der Waals surface area contributed by atoms with E-state index < -0.39 is 11.6 Å². The van der Waals surface area contributed by atoms with Crippen molar-refractivity contribution in [2.45, 2.75) is 6.92 Å². The molecule has 0 fully saturated rings. The van der Waals surface area contributed by atoms with Crippen molar-refractivity contribution in [3.63, 3.8) is 0 Å². The number of carbonyl (C=O) groups excluding carboxylic acids is 2. The number of anilines is 1. The van der Waals surface area contributed by atoms with Gasteiger partial charge in [-0.05, 0) is 54.6 Å². The summed E-state index contributed by atoms with van der Waals surface area (Å²) < 4.78 is 10.3. The Morgan fingerprint density at radius 2 is 1.73 bits per heavy atom. The first-order valence-corrected chi connectivity index (χ1v) is 9.10. The lowest BCUT2D eigenvalue weighted by Gasteiger charge is -2.08. The Bertz CT molecular complexity index is 1310. The van der Waals surface area contributed by atoms with Crippen LogP contribution in [0.25, 0.3) is 22.4 Å². The summed E-state index contributed by atoms with van der Waals surface area (Å²) in [6.07, 6.45) is 0. The van der Waals surface area contributed by atoms with E-state index in [2.05, 4.69) is 10.3 Å². The van der Waals surface area contributed by atoms with Crippen LogP contribution in [0.2, 0.25) is 0 Å². The molecule has 1 heterocycles. The molecule has 0 aliphatic carbocycles. The van der Waals surface area contributed by atoms with E-state index in [1.54, 1.807) is 72.8 Å². The molecular weight excluding hydrogens is 384 g/mol. The molecule has 0 aliphatic rings. The zero-order chi connectivity index (χ0) is 21.1. The number of hydrogen-bond donors (Lipinski definition) is 1. The number of ether oxygens (including phenoxy) is 1. The molecule has 7 heteroatoms. The van der Waals surface area contributed by atoms with E-state index in [4.69, 9.17) is 9.15 Å². The minimum absolute atomic E-state index is 0.167. The van der Waals surface area contributed by atoms with Crippen molar-refractivity contribution in [1.82, 2.24) is 4.98 Å². The number of nitrogens with zero attached hydrogens (tertiary/aromatic N) is 1. The van der Waals surface area contributed by atoms with Gasteiger partial charge in [0.25, 0.3) is 5.91 Å². The highest BCUT2D eigenvalue weighted by Gasteiger charge is 2.11. The first kappa shape index (κ1) is 19.1. The third kappa shape index (κ3) is 4.10. The molecule has 0 saturated carbocycles. The predicted molar refractivity (Wildman–Crippen MR) is 111 cm³/mol. The van der Waals surface area contributed by atoms with Gasteiger partial charge in [-0.2, -0.15) is 0 Å². The van der Waals surface area contributed by atoms with Gasteiger partial charge in [0.05, 0.1) is 10.9 Å². The number of para-hydroxylation sites is 1. The van der Waals surface area contributed by atoms with Crippen LogP contribution in [0.15, 0.2) is 82.0 Å². The Kier molecular flexibility index (Phi) is 5.09. The average Bonchev–Trinajstić information content (AvgIpc) is 2.74. The summed E-state index contributed by atoms with van der Waals surface area (Å²) in [6, 6.07) is 20.0. The molecule has 0 radical (unpaired) electrons. The number of aromatic nitrogens is 1. The van der Waals surface area contributed by atoms with Gasteiger partial charge in [0.2, 0.25) is 5.89 Å². The SMILES string of the molecule is CC(=O)Oc1ccc(C(=O)Nc2cccc(-c3nc4ccccc4c(=O)o3)c2)cc1. The number of benzene rings is 3. The first-order valence-electron chi connectivity index (χ1n) is 9.10. The molecule has 1 amide bonds. The second-order valence-corrected chi connectivity index (χ2v) is 6.48. The van der Waals surface area contributed by atoms with Crippen molar-refractivity contribution >= 4 is 28.5 Å². The van der Waals surface area contributed by atoms with Crippen LogP contribution in [0.4, 0.5) is 5.69 Å². The largest absolute Gasteiger partial charge is 0.427 e.